The van der Waals surface area contributed by atoms with Crippen LogP contribution in [0.5, 0.6) is 0 Å². The molecule has 3 heterocycles. The summed E-state index contributed by atoms with van der Waals surface area (Å²) >= 11 is 2.77. The molecule has 0 bridgehead atoms. The van der Waals surface area contributed by atoms with Crippen LogP contribution in [0.4, 0.5) is 17.1 Å². The second-order valence-corrected chi connectivity index (χ2v) is 9.52. The number of carbonyl (C=O) groups excluding carboxylic acids is 1. The van der Waals surface area contributed by atoms with Gasteiger partial charge in [-0.3, -0.25) is 19.7 Å². The number of fused-ring (bicyclic) bond motifs is 1. The predicted molar refractivity (Wildman–Crippen MR) is 130 cm³/mol. The Morgan fingerprint density at radius 2 is 1.82 bits per heavy atom. The number of carbonyl (C=O) groups is 1. The van der Waals surface area contributed by atoms with Crippen molar-refractivity contribution >= 4 is 62.4 Å². The molecule has 3 aromatic rings. The van der Waals surface area contributed by atoms with E-state index in [1.165, 1.54) is 45.9 Å². The average molecular weight is 480 g/mol. The number of hydrazone groups is 1. The molecule has 2 aromatic carbocycles. The number of hydrogen-bond donors (Lipinski definition) is 0. The number of hydrogen-bond acceptors (Lipinski definition) is 8. The molecule has 2 aliphatic heterocycles. The third kappa shape index (κ3) is 3.28. The minimum Gasteiger partial charge on any atom is -0.337 e. The summed E-state index contributed by atoms with van der Waals surface area (Å²) in [5.41, 5.74) is 1.73. The normalized spacial score (nSPS) is 18.6. The van der Waals surface area contributed by atoms with E-state index in [9.17, 15) is 19.7 Å². The Morgan fingerprint density at radius 3 is 2.55 bits per heavy atom. The van der Waals surface area contributed by atoms with Gasteiger partial charge in [0.25, 0.3) is 17.2 Å². The molecule has 0 radical (unpaired) electrons. The number of thiazole rings is 1. The number of benzene rings is 2. The first-order valence-electron chi connectivity index (χ1n) is 9.87. The summed E-state index contributed by atoms with van der Waals surface area (Å²) in [4.78, 5) is 40.1. The molecule has 33 heavy (non-hydrogen) atoms. The largest absolute Gasteiger partial charge is 0.337 e. The van der Waals surface area contributed by atoms with Crippen LogP contribution >= 0.6 is 23.1 Å². The van der Waals surface area contributed by atoms with Crippen LogP contribution < -0.4 is 24.7 Å². The van der Waals surface area contributed by atoms with Crippen molar-refractivity contribution in [1.82, 2.24) is 4.57 Å². The van der Waals surface area contributed by atoms with Gasteiger partial charge in [0.15, 0.2) is 0 Å². The van der Waals surface area contributed by atoms with Crippen molar-refractivity contribution in [3.05, 3.63) is 78.2 Å². The molecular formula is C22H17N5O4S2. The number of thioether (sulfide) groups is 1. The van der Waals surface area contributed by atoms with Gasteiger partial charge in [-0.05, 0) is 25.1 Å². The standard InChI is InChI=1S/C22H17N5O4S2/c1-12-17(19(28)26(23-12)13-7-6-8-14(11-13)27(30)31)21-25(3)20(29)18(33-21)22-24(2)15-9-4-5-10-16(15)32-22/h4-11H,1-3H3/b21-17+,22-18-. The fourth-order valence-electron chi connectivity index (χ4n) is 3.77. The summed E-state index contributed by atoms with van der Waals surface area (Å²) in [6.07, 6.45) is 0. The predicted octanol–water partition coefficient (Wildman–Crippen LogP) is 2.24. The third-order valence-corrected chi connectivity index (χ3v) is 8.06. The van der Waals surface area contributed by atoms with E-state index in [4.69, 9.17) is 0 Å². The van der Waals surface area contributed by atoms with Gasteiger partial charge in [-0.15, -0.1) is 11.3 Å². The Morgan fingerprint density at radius 1 is 1.06 bits per heavy atom. The van der Waals surface area contributed by atoms with Gasteiger partial charge in [0.2, 0.25) is 0 Å². The number of amides is 1. The second-order valence-electron chi connectivity index (χ2n) is 7.49. The first-order chi connectivity index (χ1) is 15.8. The third-order valence-electron chi connectivity index (χ3n) is 5.45. The van der Waals surface area contributed by atoms with Crippen molar-refractivity contribution in [3.63, 3.8) is 0 Å². The molecule has 0 aliphatic carbocycles. The van der Waals surface area contributed by atoms with Gasteiger partial charge >= 0.3 is 0 Å². The van der Waals surface area contributed by atoms with E-state index in [2.05, 4.69) is 5.10 Å². The number of nitro benzene ring substituents is 1. The number of nitrogens with zero attached hydrogens (tertiary/aromatic N) is 5. The SMILES string of the molecule is CC1=NN(c2cccc([N+](=O)[O-])c2)C(=O)/C1=c1/s/c(=C2\Sc3ccccc3N2C)c(=O)n1C. The molecular weight excluding hydrogens is 462 g/mol. The number of aromatic nitrogens is 1. The van der Waals surface area contributed by atoms with Crippen LogP contribution in [0.15, 0.2) is 63.3 Å². The lowest BCUT2D eigenvalue weighted by Crippen LogP contribution is -2.33. The summed E-state index contributed by atoms with van der Waals surface area (Å²) in [7, 11) is 3.55. The zero-order valence-electron chi connectivity index (χ0n) is 17.8. The van der Waals surface area contributed by atoms with Crippen LogP contribution in [0.3, 0.4) is 0 Å². The summed E-state index contributed by atoms with van der Waals surface area (Å²) in [5, 5.41) is 17.4. The van der Waals surface area contributed by atoms with Crippen LogP contribution in [0.25, 0.3) is 10.6 Å². The van der Waals surface area contributed by atoms with E-state index in [1.807, 2.05) is 36.2 Å². The lowest BCUT2D eigenvalue weighted by atomic mass is 10.2. The number of para-hydroxylation sites is 1. The minimum atomic E-state index is -0.522. The zero-order chi connectivity index (χ0) is 23.4. The number of anilines is 2. The maximum absolute atomic E-state index is 13.3. The highest BCUT2D eigenvalue weighted by Crippen LogP contribution is 2.44. The molecule has 9 nitrogen and oxygen atoms in total. The smallest absolute Gasteiger partial charge is 0.283 e. The molecule has 5 rings (SSSR count). The van der Waals surface area contributed by atoms with Gasteiger partial charge in [0.05, 0.1) is 27.6 Å². The molecule has 0 unspecified atom stereocenters. The Hall–Kier alpha value is -3.70. The van der Waals surface area contributed by atoms with Gasteiger partial charge in [0.1, 0.15) is 14.2 Å². The molecule has 1 amide bonds. The number of non-ortho nitro benzene ring substituents is 1. The molecule has 166 valence electrons. The Bertz CT molecular complexity index is 1570. The van der Waals surface area contributed by atoms with Gasteiger partial charge in [0, 0.05) is 31.1 Å². The van der Waals surface area contributed by atoms with Crippen LogP contribution in [0, 0.1) is 10.1 Å². The van der Waals surface area contributed by atoms with E-state index in [1.54, 1.807) is 20.0 Å². The highest BCUT2D eigenvalue weighted by Gasteiger charge is 2.32. The van der Waals surface area contributed by atoms with E-state index >= 15 is 0 Å². The van der Waals surface area contributed by atoms with Gasteiger partial charge in [-0.2, -0.15) is 10.1 Å². The maximum Gasteiger partial charge on any atom is 0.283 e. The van der Waals surface area contributed by atoms with Gasteiger partial charge < -0.3 is 9.47 Å². The van der Waals surface area contributed by atoms with Gasteiger partial charge in [-0.1, -0.05) is 30.0 Å². The lowest BCUT2D eigenvalue weighted by Gasteiger charge is -2.11. The van der Waals surface area contributed by atoms with Crippen molar-refractivity contribution in [1.29, 1.82) is 0 Å². The first kappa shape index (κ1) is 21.2. The van der Waals surface area contributed by atoms with Crippen LogP contribution in [-0.2, 0) is 11.8 Å². The number of nitro groups is 1. The summed E-state index contributed by atoms with van der Waals surface area (Å²) in [5.74, 6) is -0.433. The monoisotopic (exact) mass is 479 g/mol. The van der Waals surface area contributed by atoms with E-state index in [0.717, 1.165) is 20.6 Å². The molecule has 0 fully saturated rings. The highest BCUT2D eigenvalue weighted by molar-refractivity contribution is 8.08. The van der Waals surface area contributed by atoms with Crippen LogP contribution in [-0.4, -0.2) is 28.2 Å². The first-order valence-corrected chi connectivity index (χ1v) is 11.5. The van der Waals surface area contributed by atoms with Crippen molar-refractivity contribution in [2.45, 2.75) is 11.8 Å². The summed E-state index contributed by atoms with van der Waals surface area (Å²) in [6, 6.07) is 13.6. The van der Waals surface area contributed by atoms with Crippen molar-refractivity contribution in [2.24, 2.45) is 12.1 Å². The van der Waals surface area contributed by atoms with E-state index in [0.29, 0.717) is 26.2 Å². The fourth-order valence-corrected chi connectivity index (χ4v) is 6.30. The summed E-state index contributed by atoms with van der Waals surface area (Å²) in [6.45, 7) is 1.69. The molecule has 0 N–H and O–H groups in total. The molecule has 0 atom stereocenters. The van der Waals surface area contributed by atoms with E-state index in [-0.39, 0.29) is 11.2 Å². The Kier molecular flexibility index (Phi) is 4.94. The average Bonchev–Trinajstić information content (AvgIpc) is 3.40. The molecule has 0 saturated heterocycles. The van der Waals surface area contributed by atoms with Crippen molar-refractivity contribution in [3.8, 4) is 0 Å². The van der Waals surface area contributed by atoms with Crippen LogP contribution in [0.2, 0.25) is 0 Å². The second kappa shape index (κ2) is 7.71. The topological polar surface area (TPSA) is 101 Å². The molecule has 11 heteroatoms. The zero-order valence-corrected chi connectivity index (χ0v) is 19.4. The maximum atomic E-state index is 13.3. The van der Waals surface area contributed by atoms with Crippen LogP contribution in [0.1, 0.15) is 6.92 Å². The quantitative estimate of drug-likeness (QED) is 0.413. The lowest BCUT2D eigenvalue weighted by molar-refractivity contribution is -0.384. The van der Waals surface area contributed by atoms with Crippen molar-refractivity contribution < 1.29 is 9.72 Å². The van der Waals surface area contributed by atoms with Gasteiger partial charge in [-0.25, -0.2) is 0 Å². The van der Waals surface area contributed by atoms with Crippen molar-refractivity contribution in [2.75, 3.05) is 17.0 Å². The molecule has 2 aliphatic rings. The Balaban J connectivity index is 1.66. The van der Waals surface area contributed by atoms with E-state index < -0.39 is 10.8 Å². The number of rotatable bonds is 2. The molecule has 0 saturated carbocycles. The minimum absolute atomic E-state index is 0.135. The summed E-state index contributed by atoms with van der Waals surface area (Å²) < 4.78 is 2.50. The highest BCUT2D eigenvalue weighted by atomic mass is 32.2. The molecule has 0 spiro atoms. The molecule has 1 aromatic heterocycles. The Labute approximate surface area is 195 Å². The fraction of sp³-hybridized carbons (Fsp3) is 0.136.